The second kappa shape index (κ2) is 5.82. The van der Waals surface area contributed by atoms with Gasteiger partial charge in [0.05, 0.1) is 12.1 Å². The Balaban J connectivity index is 1.64. The summed E-state index contributed by atoms with van der Waals surface area (Å²) in [5, 5.41) is 12.5. The van der Waals surface area contributed by atoms with Crippen LogP contribution in [0, 0.1) is 11.8 Å². The van der Waals surface area contributed by atoms with Crippen LogP contribution in [0.2, 0.25) is 0 Å². The predicted molar refractivity (Wildman–Crippen MR) is 77.4 cm³/mol. The average molecular weight is 278 g/mol. The molecule has 1 N–H and O–H groups in total. The van der Waals surface area contributed by atoms with Crippen LogP contribution >= 0.6 is 0 Å². The molecule has 2 aliphatic rings. The molecule has 0 spiro atoms. The Morgan fingerprint density at radius 2 is 2.15 bits per heavy atom. The molecule has 1 fully saturated rings. The van der Waals surface area contributed by atoms with Gasteiger partial charge in [0.25, 0.3) is 0 Å². The van der Waals surface area contributed by atoms with Crippen molar-refractivity contribution in [2.24, 2.45) is 11.8 Å². The molecule has 1 atom stereocenters. The number of nitrogens with one attached hydrogen (secondary N) is 1. The van der Waals surface area contributed by atoms with E-state index in [4.69, 9.17) is 4.74 Å². The van der Waals surface area contributed by atoms with Crippen molar-refractivity contribution in [3.05, 3.63) is 11.6 Å². The molecule has 1 aliphatic carbocycles. The standard InChI is InChI=1S/C15H26N4O/c1-4-20-12-7-11(8-12)9-13-17-18-15-14(10(2)3)16-5-6-19(13)15/h10-12,14,16H,4-9H2,1-3H3. The Kier molecular flexibility index (Phi) is 4.08. The maximum atomic E-state index is 5.64. The van der Waals surface area contributed by atoms with Crippen molar-refractivity contribution in [2.75, 3.05) is 13.2 Å². The van der Waals surface area contributed by atoms with Gasteiger partial charge < -0.3 is 14.6 Å². The minimum Gasteiger partial charge on any atom is -0.378 e. The number of rotatable bonds is 5. The zero-order valence-corrected chi connectivity index (χ0v) is 12.8. The van der Waals surface area contributed by atoms with E-state index in [1.165, 1.54) is 18.7 Å². The van der Waals surface area contributed by atoms with E-state index in [0.717, 1.165) is 37.9 Å². The molecule has 20 heavy (non-hydrogen) atoms. The van der Waals surface area contributed by atoms with Crippen LogP contribution < -0.4 is 5.32 Å². The van der Waals surface area contributed by atoms with Gasteiger partial charge >= 0.3 is 0 Å². The molecular formula is C15H26N4O. The first-order valence-electron chi connectivity index (χ1n) is 7.96. The summed E-state index contributed by atoms with van der Waals surface area (Å²) in [5.41, 5.74) is 0. The highest BCUT2D eigenvalue weighted by Crippen LogP contribution is 2.33. The highest BCUT2D eigenvalue weighted by Gasteiger charge is 2.33. The van der Waals surface area contributed by atoms with Gasteiger partial charge in [-0.15, -0.1) is 10.2 Å². The van der Waals surface area contributed by atoms with Crippen LogP contribution in [0.1, 0.15) is 51.3 Å². The van der Waals surface area contributed by atoms with Gasteiger partial charge in [-0.3, -0.25) is 0 Å². The first-order valence-corrected chi connectivity index (χ1v) is 7.96. The predicted octanol–water partition coefficient (Wildman–Crippen LogP) is 1.94. The van der Waals surface area contributed by atoms with Gasteiger partial charge in [-0.25, -0.2) is 0 Å². The zero-order valence-electron chi connectivity index (χ0n) is 12.8. The van der Waals surface area contributed by atoms with Crippen molar-refractivity contribution in [3.8, 4) is 0 Å². The second-order valence-corrected chi connectivity index (χ2v) is 6.42. The summed E-state index contributed by atoms with van der Waals surface area (Å²) in [6, 6.07) is 0.350. The summed E-state index contributed by atoms with van der Waals surface area (Å²) in [6.45, 7) is 9.40. The second-order valence-electron chi connectivity index (χ2n) is 6.42. The third-order valence-electron chi connectivity index (χ3n) is 4.57. The van der Waals surface area contributed by atoms with Gasteiger partial charge in [0.15, 0.2) is 5.82 Å². The monoisotopic (exact) mass is 278 g/mol. The molecular weight excluding hydrogens is 252 g/mol. The lowest BCUT2D eigenvalue weighted by molar-refractivity contribution is -0.0247. The number of aromatic nitrogens is 3. The average Bonchev–Trinajstić information content (AvgIpc) is 2.79. The molecule has 1 saturated carbocycles. The minimum atomic E-state index is 0.350. The van der Waals surface area contributed by atoms with Crippen LogP contribution in [-0.4, -0.2) is 34.0 Å². The maximum Gasteiger partial charge on any atom is 0.150 e. The normalized spacial score (nSPS) is 29.3. The lowest BCUT2D eigenvalue weighted by Crippen LogP contribution is -2.38. The largest absolute Gasteiger partial charge is 0.378 e. The Morgan fingerprint density at radius 3 is 2.85 bits per heavy atom. The quantitative estimate of drug-likeness (QED) is 0.894. The van der Waals surface area contributed by atoms with Gasteiger partial charge in [0.1, 0.15) is 5.82 Å². The minimum absolute atomic E-state index is 0.350. The molecule has 5 nitrogen and oxygen atoms in total. The lowest BCUT2D eigenvalue weighted by atomic mass is 9.80. The van der Waals surface area contributed by atoms with E-state index in [2.05, 4.69) is 40.9 Å². The van der Waals surface area contributed by atoms with E-state index in [1.54, 1.807) is 0 Å². The fourth-order valence-corrected chi connectivity index (χ4v) is 3.40. The maximum absolute atomic E-state index is 5.64. The third kappa shape index (κ3) is 2.61. The molecule has 0 amide bonds. The summed E-state index contributed by atoms with van der Waals surface area (Å²) in [7, 11) is 0. The van der Waals surface area contributed by atoms with Crippen LogP contribution in [-0.2, 0) is 17.7 Å². The summed E-state index contributed by atoms with van der Waals surface area (Å²) in [4.78, 5) is 0. The first kappa shape index (κ1) is 14.0. The number of fused-ring (bicyclic) bond motifs is 1. The molecule has 0 saturated heterocycles. The topological polar surface area (TPSA) is 52.0 Å². The number of hydrogen-bond acceptors (Lipinski definition) is 4. The molecule has 0 bridgehead atoms. The summed E-state index contributed by atoms with van der Waals surface area (Å²) < 4.78 is 7.98. The van der Waals surface area contributed by atoms with Crippen molar-refractivity contribution in [3.63, 3.8) is 0 Å². The van der Waals surface area contributed by atoms with Crippen LogP contribution in [0.3, 0.4) is 0 Å². The van der Waals surface area contributed by atoms with Crippen LogP contribution in [0.4, 0.5) is 0 Å². The molecule has 1 aliphatic heterocycles. The van der Waals surface area contributed by atoms with Crippen molar-refractivity contribution in [1.29, 1.82) is 0 Å². The van der Waals surface area contributed by atoms with E-state index in [-0.39, 0.29) is 0 Å². The summed E-state index contributed by atoms with van der Waals surface area (Å²) in [5.74, 6) is 3.58. The van der Waals surface area contributed by atoms with E-state index in [1.807, 2.05) is 0 Å². The third-order valence-corrected chi connectivity index (χ3v) is 4.57. The molecule has 2 heterocycles. The summed E-state index contributed by atoms with van der Waals surface area (Å²) in [6.07, 6.45) is 3.91. The first-order chi connectivity index (χ1) is 9.69. The molecule has 1 aromatic rings. The van der Waals surface area contributed by atoms with E-state index >= 15 is 0 Å². The van der Waals surface area contributed by atoms with Crippen molar-refractivity contribution < 1.29 is 4.74 Å². The van der Waals surface area contributed by atoms with Gasteiger partial charge in [-0.2, -0.15) is 0 Å². The Bertz CT molecular complexity index is 451. The van der Waals surface area contributed by atoms with Gasteiger partial charge in [0, 0.05) is 26.1 Å². The number of hydrogen-bond donors (Lipinski definition) is 1. The fourth-order valence-electron chi connectivity index (χ4n) is 3.40. The Hall–Kier alpha value is -0.940. The van der Waals surface area contributed by atoms with Crippen molar-refractivity contribution in [2.45, 2.75) is 58.7 Å². The Labute approximate surface area is 121 Å². The molecule has 0 aromatic carbocycles. The van der Waals surface area contributed by atoms with E-state index in [9.17, 15) is 0 Å². The fraction of sp³-hybridized carbons (Fsp3) is 0.867. The highest BCUT2D eigenvalue weighted by molar-refractivity contribution is 5.07. The molecule has 0 radical (unpaired) electrons. The smallest absolute Gasteiger partial charge is 0.150 e. The molecule has 5 heteroatoms. The van der Waals surface area contributed by atoms with Crippen LogP contribution in [0.25, 0.3) is 0 Å². The van der Waals surface area contributed by atoms with Gasteiger partial charge in [-0.05, 0) is 31.6 Å². The van der Waals surface area contributed by atoms with Crippen LogP contribution in [0.15, 0.2) is 0 Å². The van der Waals surface area contributed by atoms with Crippen molar-refractivity contribution in [1.82, 2.24) is 20.1 Å². The Morgan fingerprint density at radius 1 is 1.35 bits per heavy atom. The molecule has 1 unspecified atom stereocenters. The lowest BCUT2D eigenvalue weighted by Gasteiger charge is -2.35. The summed E-state index contributed by atoms with van der Waals surface area (Å²) >= 11 is 0. The van der Waals surface area contributed by atoms with Crippen LogP contribution in [0.5, 0.6) is 0 Å². The zero-order chi connectivity index (χ0) is 14.1. The number of nitrogens with zero attached hydrogens (tertiary/aromatic N) is 3. The number of ether oxygens (including phenoxy) is 1. The van der Waals surface area contributed by atoms with Gasteiger partial charge in [-0.1, -0.05) is 13.8 Å². The highest BCUT2D eigenvalue weighted by atomic mass is 16.5. The van der Waals surface area contributed by atoms with Crippen molar-refractivity contribution >= 4 is 0 Å². The SMILES string of the molecule is CCOC1CC(Cc2nnc3n2CCNC3C(C)C)C1. The van der Waals surface area contributed by atoms with Gasteiger partial charge in [0.2, 0.25) is 0 Å². The van der Waals surface area contributed by atoms with E-state index < -0.39 is 0 Å². The molecule has 112 valence electrons. The molecule has 3 rings (SSSR count). The van der Waals surface area contributed by atoms with E-state index in [0.29, 0.717) is 18.1 Å². The molecule has 1 aromatic heterocycles.